The summed E-state index contributed by atoms with van der Waals surface area (Å²) in [6, 6.07) is 10.1. The molecule has 27 heavy (non-hydrogen) atoms. The lowest BCUT2D eigenvalue weighted by Crippen LogP contribution is -2.32. The molecule has 2 N–H and O–H groups in total. The van der Waals surface area contributed by atoms with Crippen LogP contribution in [0.5, 0.6) is 11.5 Å². The average Bonchev–Trinajstić information content (AvgIpc) is 3.12. The van der Waals surface area contributed by atoms with E-state index in [9.17, 15) is 10.1 Å². The molecule has 0 saturated heterocycles. The summed E-state index contributed by atoms with van der Waals surface area (Å²) in [5, 5.41) is 18.5. The fourth-order valence-corrected chi connectivity index (χ4v) is 2.65. The van der Waals surface area contributed by atoms with Gasteiger partial charge in [0.25, 0.3) is 5.69 Å². The van der Waals surface area contributed by atoms with Crippen molar-refractivity contribution >= 4 is 40.3 Å². The van der Waals surface area contributed by atoms with Crippen molar-refractivity contribution in [1.29, 1.82) is 0 Å². The van der Waals surface area contributed by atoms with Crippen molar-refractivity contribution in [1.82, 2.24) is 10.7 Å². The highest BCUT2D eigenvalue weighted by Crippen LogP contribution is 2.32. The number of fused-ring (bicyclic) bond motifs is 1. The Balaban J connectivity index is 1.58. The highest BCUT2D eigenvalue weighted by Gasteiger charge is 2.14. The van der Waals surface area contributed by atoms with E-state index in [0.29, 0.717) is 28.7 Å². The van der Waals surface area contributed by atoms with Crippen molar-refractivity contribution in [2.24, 2.45) is 5.10 Å². The molecular formula is C17H15ClN4O4S. The minimum absolute atomic E-state index is 0.0745. The lowest BCUT2D eigenvalue weighted by atomic mass is 10.1. The summed E-state index contributed by atoms with van der Waals surface area (Å²) in [6.45, 7) is 2.41. The fourth-order valence-electron chi connectivity index (χ4n) is 2.35. The number of nitrogens with zero attached hydrogens (tertiary/aromatic N) is 2. The van der Waals surface area contributed by atoms with Gasteiger partial charge in [0.1, 0.15) is 5.02 Å². The number of hydrogen-bond acceptors (Lipinski definition) is 6. The number of nitro groups is 1. The Morgan fingerprint density at radius 1 is 1.30 bits per heavy atom. The first-order valence-electron chi connectivity index (χ1n) is 7.85. The Labute approximate surface area is 165 Å². The number of nitrogens with one attached hydrogen (secondary N) is 2. The van der Waals surface area contributed by atoms with Crippen LogP contribution in [0.4, 0.5) is 5.69 Å². The van der Waals surface area contributed by atoms with Gasteiger partial charge in [-0.2, -0.15) is 5.10 Å². The van der Waals surface area contributed by atoms with Gasteiger partial charge in [0.05, 0.1) is 10.6 Å². The summed E-state index contributed by atoms with van der Waals surface area (Å²) in [4.78, 5) is 10.4. The zero-order valence-corrected chi connectivity index (χ0v) is 15.8. The molecule has 2 aromatic rings. The Bertz CT molecular complexity index is 935. The maximum Gasteiger partial charge on any atom is 0.288 e. The van der Waals surface area contributed by atoms with Crippen LogP contribution >= 0.6 is 23.8 Å². The van der Waals surface area contributed by atoms with Crippen molar-refractivity contribution in [2.75, 3.05) is 6.79 Å². The fraction of sp³-hybridized carbons (Fsp3) is 0.176. The Kier molecular flexibility index (Phi) is 5.72. The molecule has 0 amide bonds. The predicted octanol–water partition coefficient (Wildman–Crippen LogP) is 3.37. The second kappa shape index (κ2) is 8.19. The molecular weight excluding hydrogens is 392 g/mol. The molecule has 0 bridgehead atoms. The second-order valence-corrected chi connectivity index (χ2v) is 6.42. The number of nitro benzene ring substituents is 1. The number of rotatable bonds is 5. The van der Waals surface area contributed by atoms with Crippen LogP contribution in [-0.4, -0.2) is 22.5 Å². The van der Waals surface area contributed by atoms with Gasteiger partial charge in [-0.05, 0) is 42.9 Å². The normalized spacial score (nSPS) is 12.6. The molecule has 0 saturated carbocycles. The van der Waals surface area contributed by atoms with E-state index in [4.69, 9.17) is 33.3 Å². The lowest BCUT2D eigenvalue weighted by molar-refractivity contribution is -0.384. The van der Waals surface area contributed by atoms with Crippen molar-refractivity contribution in [3.63, 3.8) is 0 Å². The quantitative estimate of drug-likeness (QED) is 0.340. The van der Waals surface area contributed by atoms with E-state index in [-0.39, 0.29) is 17.5 Å². The molecule has 0 atom stereocenters. The number of ether oxygens (including phenoxy) is 2. The maximum atomic E-state index is 11.0. The monoisotopic (exact) mass is 406 g/mol. The van der Waals surface area contributed by atoms with Gasteiger partial charge in [0.2, 0.25) is 6.79 Å². The first-order chi connectivity index (χ1) is 12.9. The number of thiocarbonyl (C=S) groups is 1. The molecule has 3 rings (SSSR count). The van der Waals surface area contributed by atoms with E-state index in [1.807, 2.05) is 18.2 Å². The van der Waals surface area contributed by atoms with Crippen molar-refractivity contribution in [3.05, 3.63) is 62.7 Å². The van der Waals surface area contributed by atoms with Crippen LogP contribution < -0.4 is 20.2 Å². The van der Waals surface area contributed by atoms with Crippen LogP contribution in [0.2, 0.25) is 5.02 Å². The molecule has 0 aromatic heterocycles. The van der Waals surface area contributed by atoms with Crippen LogP contribution in [0.25, 0.3) is 0 Å². The van der Waals surface area contributed by atoms with E-state index in [0.717, 1.165) is 11.3 Å². The summed E-state index contributed by atoms with van der Waals surface area (Å²) in [7, 11) is 0. The van der Waals surface area contributed by atoms with Gasteiger partial charge in [0, 0.05) is 18.2 Å². The van der Waals surface area contributed by atoms with Crippen LogP contribution in [0, 0.1) is 10.1 Å². The van der Waals surface area contributed by atoms with E-state index >= 15 is 0 Å². The largest absolute Gasteiger partial charge is 0.454 e. The van der Waals surface area contributed by atoms with Gasteiger partial charge in [0.15, 0.2) is 16.6 Å². The van der Waals surface area contributed by atoms with Crippen molar-refractivity contribution in [3.8, 4) is 11.5 Å². The van der Waals surface area contributed by atoms with Gasteiger partial charge in [-0.15, -0.1) is 0 Å². The zero-order valence-electron chi connectivity index (χ0n) is 14.2. The molecule has 2 aromatic carbocycles. The summed E-state index contributed by atoms with van der Waals surface area (Å²) in [5.74, 6) is 1.42. The maximum absolute atomic E-state index is 11.0. The molecule has 0 aliphatic carbocycles. The molecule has 1 heterocycles. The highest BCUT2D eigenvalue weighted by molar-refractivity contribution is 7.80. The second-order valence-electron chi connectivity index (χ2n) is 5.60. The molecule has 8 nitrogen and oxygen atoms in total. The van der Waals surface area contributed by atoms with Crippen molar-refractivity contribution < 1.29 is 14.4 Å². The smallest absolute Gasteiger partial charge is 0.288 e. The highest BCUT2D eigenvalue weighted by atomic mass is 35.5. The van der Waals surface area contributed by atoms with E-state index < -0.39 is 4.92 Å². The van der Waals surface area contributed by atoms with E-state index in [1.54, 1.807) is 13.0 Å². The Morgan fingerprint density at radius 3 is 2.85 bits per heavy atom. The van der Waals surface area contributed by atoms with Crippen LogP contribution in [0.3, 0.4) is 0 Å². The summed E-state index contributed by atoms with van der Waals surface area (Å²) in [6.07, 6.45) is 0. The van der Waals surface area contributed by atoms with Gasteiger partial charge >= 0.3 is 0 Å². The van der Waals surface area contributed by atoms with Gasteiger partial charge in [-0.25, -0.2) is 0 Å². The van der Waals surface area contributed by atoms with Gasteiger partial charge in [-0.1, -0.05) is 23.7 Å². The Hall–Kier alpha value is -2.91. The third-order valence-corrected chi connectivity index (χ3v) is 4.33. The standard InChI is InChI=1S/C17H15ClN4O4S/c1-10(12-3-4-13(18)14(7-12)22(23)24)20-21-17(27)19-8-11-2-5-15-16(6-11)26-9-25-15/h2-7H,8-9H2,1H3,(H2,19,21,27)/b20-10-. The summed E-state index contributed by atoms with van der Waals surface area (Å²) < 4.78 is 10.6. The van der Waals surface area contributed by atoms with Crippen LogP contribution in [0.1, 0.15) is 18.1 Å². The molecule has 10 heteroatoms. The zero-order chi connectivity index (χ0) is 19.4. The predicted molar refractivity (Wildman–Crippen MR) is 105 cm³/mol. The molecule has 0 unspecified atom stereocenters. The number of hydrogen-bond donors (Lipinski definition) is 2. The van der Waals surface area contributed by atoms with Gasteiger partial charge in [-0.3, -0.25) is 15.5 Å². The SMILES string of the molecule is C/C(=N/NC(=S)NCc1ccc2c(c1)OCO2)c1ccc(Cl)c([N+](=O)[O-])c1. The number of halogens is 1. The molecule has 0 radical (unpaired) electrons. The third-order valence-electron chi connectivity index (χ3n) is 3.78. The first-order valence-corrected chi connectivity index (χ1v) is 8.63. The third kappa shape index (κ3) is 4.63. The van der Waals surface area contributed by atoms with Crippen LogP contribution in [0.15, 0.2) is 41.5 Å². The lowest BCUT2D eigenvalue weighted by Gasteiger charge is -2.09. The molecule has 1 aliphatic rings. The molecule has 0 fully saturated rings. The molecule has 140 valence electrons. The molecule has 1 aliphatic heterocycles. The minimum atomic E-state index is -0.538. The van der Waals surface area contributed by atoms with Crippen LogP contribution in [-0.2, 0) is 6.54 Å². The van der Waals surface area contributed by atoms with Crippen molar-refractivity contribution in [2.45, 2.75) is 13.5 Å². The first kappa shape index (κ1) is 18.9. The number of benzene rings is 2. The summed E-state index contributed by atoms with van der Waals surface area (Å²) >= 11 is 11.0. The number of hydrazone groups is 1. The topological polar surface area (TPSA) is 98.0 Å². The average molecular weight is 407 g/mol. The minimum Gasteiger partial charge on any atom is -0.454 e. The summed E-state index contributed by atoms with van der Waals surface area (Å²) in [5.41, 5.74) is 4.61. The van der Waals surface area contributed by atoms with Gasteiger partial charge < -0.3 is 14.8 Å². The van der Waals surface area contributed by atoms with E-state index in [2.05, 4.69) is 15.8 Å². The molecule has 0 spiro atoms. The van der Waals surface area contributed by atoms with E-state index in [1.165, 1.54) is 12.1 Å². The Morgan fingerprint density at radius 2 is 2.07 bits per heavy atom.